The number of hydrogen-bond donors (Lipinski definition) is 1. The van der Waals surface area contributed by atoms with E-state index in [4.69, 9.17) is 27.9 Å². The first-order valence-corrected chi connectivity index (χ1v) is 9.14. The Hall–Kier alpha value is -1.70. The van der Waals surface area contributed by atoms with Crippen molar-refractivity contribution in [1.82, 2.24) is 14.9 Å². The third-order valence-electron chi connectivity index (χ3n) is 3.52. The van der Waals surface area contributed by atoms with Crippen LogP contribution in [-0.4, -0.2) is 27.6 Å². The molecule has 9 heteroatoms. The summed E-state index contributed by atoms with van der Waals surface area (Å²) in [4.78, 5) is 24.7. The van der Waals surface area contributed by atoms with E-state index >= 15 is 0 Å². The number of halogens is 2. The van der Waals surface area contributed by atoms with Crippen LogP contribution in [0.25, 0.3) is 0 Å². The van der Waals surface area contributed by atoms with Gasteiger partial charge in [-0.05, 0) is 49.5 Å². The molecule has 0 bridgehead atoms. The van der Waals surface area contributed by atoms with Gasteiger partial charge in [-0.2, -0.15) is 0 Å². The van der Waals surface area contributed by atoms with E-state index in [1.807, 2.05) is 6.92 Å². The van der Waals surface area contributed by atoms with E-state index in [0.29, 0.717) is 27.0 Å². The fourth-order valence-corrected chi connectivity index (χ4v) is 3.33. The summed E-state index contributed by atoms with van der Waals surface area (Å²) >= 11 is 13.0. The normalized spacial score (nSPS) is 13.2. The van der Waals surface area contributed by atoms with Crippen LogP contribution in [-0.2, 0) is 16.0 Å². The molecule has 2 atom stereocenters. The minimum atomic E-state index is -0.965. The van der Waals surface area contributed by atoms with Crippen molar-refractivity contribution in [3.63, 3.8) is 0 Å². The molecule has 1 heterocycles. The molecule has 6 nitrogen and oxygen atoms in total. The summed E-state index contributed by atoms with van der Waals surface area (Å²) in [6, 6.07) is 4.67. The number of ether oxygens (including phenoxy) is 1. The maximum Gasteiger partial charge on any atom is 0.352 e. The highest BCUT2D eigenvalue weighted by molar-refractivity contribution is 7.07. The Balaban J connectivity index is 1.99. The molecule has 0 aliphatic carbocycles. The zero-order valence-corrected chi connectivity index (χ0v) is 16.2. The van der Waals surface area contributed by atoms with E-state index in [0.717, 1.165) is 17.1 Å². The molecule has 0 radical (unpaired) electrons. The Bertz CT molecular complexity index is 782. The maximum absolute atomic E-state index is 12.3. The largest absolute Gasteiger partial charge is 0.448 e. The van der Waals surface area contributed by atoms with Crippen LogP contribution in [0, 0.1) is 0 Å². The van der Waals surface area contributed by atoms with Crippen molar-refractivity contribution >= 4 is 46.6 Å². The van der Waals surface area contributed by atoms with Gasteiger partial charge in [0.25, 0.3) is 5.91 Å². The minimum absolute atomic E-state index is 0.316. The molecule has 2 rings (SSSR count). The van der Waals surface area contributed by atoms with Crippen LogP contribution in [0.4, 0.5) is 0 Å². The van der Waals surface area contributed by atoms with Gasteiger partial charge >= 0.3 is 5.97 Å². The number of aryl methyl sites for hydroxylation is 1. The standard InChI is InChI=1S/C16H17Cl2N3O3S/c1-4-13-14(25-21-20-13)16(23)24-9(3)15(22)19-8(2)11-6-5-10(17)7-12(11)18/h5-9H,4H2,1-3H3,(H,19,22)/t8-,9+/m0/s1. The number of hydrogen-bond acceptors (Lipinski definition) is 6. The monoisotopic (exact) mass is 401 g/mol. The van der Waals surface area contributed by atoms with Gasteiger partial charge in [0.15, 0.2) is 11.0 Å². The summed E-state index contributed by atoms with van der Waals surface area (Å²) in [5.74, 6) is -1.03. The van der Waals surface area contributed by atoms with Gasteiger partial charge in [-0.15, -0.1) is 5.10 Å². The minimum Gasteiger partial charge on any atom is -0.448 e. The first-order chi connectivity index (χ1) is 11.8. The predicted molar refractivity (Wildman–Crippen MR) is 97.2 cm³/mol. The Morgan fingerprint density at radius 1 is 1.32 bits per heavy atom. The second-order valence-corrected chi connectivity index (χ2v) is 6.94. The first-order valence-electron chi connectivity index (χ1n) is 7.61. The molecule has 1 N–H and O–H groups in total. The van der Waals surface area contributed by atoms with Crippen LogP contribution < -0.4 is 5.32 Å². The topological polar surface area (TPSA) is 81.2 Å². The molecule has 1 aromatic carbocycles. The number of rotatable bonds is 6. The molecule has 134 valence electrons. The molecule has 25 heavy (non-hydrogen) atoms. The molecule has 1 aromatic heterocycles. The van der Waals surface area contributed by atoms with Gasteiger partial charge in [0.05, 0.1) is 11.7 Å². The molecule has 0 spiro atoms. The SMILES string of the molecule is CCc1nnsc1C(=O)O[C@H](C)C(=O)N[C@@H](C)c1ccc(Cl)cc1Cl. The van der Waals surface area contributed by atoms with Crippen LogP contribution >= 0.6 is 34.7 Å². The van der Waals surface area contributed by atoms with Crippen molar-refractivity contribution in [3.05, 3.63) is 44.4 Å². The molecule has 0 fully saturated rings. The van der Waals surface area contributed by atoms with E-state index in [1.54, 1.807) is 25.1 Å². The van der Waals surface area contributed by atoms with Crippen LogP contribution in [0.3, 0.4) is 0 Å². The van der Waals surface area contributed by atoms with Gasteiger partial charge < -0.3 is 10.1 Å². The predicted octanol–water partition coefficient (Wildman–Crippen LogP) is 3.83. The highest BCUT2D eigenvalue weighted by Gasteiger charge is 2.24. The lowest BCUT2D eigenvalue weighted by Gasteiger charge is -2.19. The Morgan fingerprint density at radius 3 is 2.68 bits per heavy atom. The number of benzene rings is 1. The van der Waals surface area contributed by atoms with Gasteiger partial charge in [-0.3, -0.25) is 4.79 Å². The summed E-state index contributed by atoms with van der Waals surface area (Å²) < 4.78 is 8.95. The van der Waals surface area contributed by atoms with Crippen molar-refractivity contribution in [1.29, 1.82) is 0 Å². The fourth-order valence-electron chi connectivity index (χ4n) is 2.12. The fraction of sp³-hybridized carbons (Fsp3) is 0.375. The summed E-state index contributed by atoms with van der Waals surface area (Å²) in [5.41, 5.74) is 1.28. The lowest BCUT2D eigenvalue weighted by molar-refractivity contribution is -0.129. The molecule has 0 unspecified atom stereocenters. The molecular weight excluding hydrogens is 385 g/mol. The highest BCUT2D eigenvalue weighted by atomic mass is 35.5. The summed E-state index contributed by atoms with van der Waals surface area (Å²) in [7, 11) is 0. The molecule has 0 saturated carbocycles. The average molecular weight is 402 g/mol. The van der Waals surface area contributed by atoms with E-state index in [9.17, 15) is 9.59 Å². The number of nitrogens with zero attached hydrogens (tertiary/aromatic N) is 2. The zero-order chi connectivity index (χ0) is 18.6. The average Bonchev–Trinajstić information content (AvgIpc) is 3.03. The van der Waals surface area contributed by atoms with Crippen LogP contribution in [0.1, 0.15) is 47.7 Å². The van der Waals surface area contributed by atoms with Crippen LogP contribution in [0.2, 0.25) is 10.0 Å². The quantitative estimate of drug-likeness (QED) is 0.743. The van der Waals surface area contributed by atoms with Gasteiger partial charge in [0.2, 0.25) is 0 Å². The summed E-state index contributed by atoms with van der Waals surface area (Å²) in [6.07, 6.45) is -0.402. The highest BCUT2D eigenvalue weighted by Crippen LogP contribution is 2.26. The van der Waals surface area contributed by atoms with Crippen molar-refractivity contribution < 1.29 is 14.3 Å². The Labute approximate surface area is 159 Å². The molecule has 0 aliphatic rings. The van der Waals surface area contributed by atoms with Gasteiger partial charge in [0, 0.05) is 10.0 Å². The van der Waals surface area contributed by atoms with Gasteiger partial charge in [0.1, 0.15) is 0 Å². The third-order valence-corrected chi connectivity index (χ3v) is 4.83. The molecule has 0 saturated heterocycles. The Morgan fingerprint density at radius 2 is 2.04 bits per heavy atom. The lowest BCUT2D eigenvalue weighted by Crippen LogP contribution is -2.37. The van der Waals surface area contributed by atoms with Crippen LogP contribution in [0.5, 0.6) is 0 Å². The molecule has 1 amide bonds. The van der Waals surface area contributed by atoms with E-state index in [1.165, 1.54) is 6.92 Å². The molecule has 2 aromatic rings. The van der Waals surface area contributed by atoms with E-state index < -0.39 is 18.0 Å². The molecule has 0 aliphatic heterocycles. The van der Waals surface area contributed by atoms with E-state index in [-0.39, 0.29) is 6.04 Å². The number of aromatic nitrogens is 2. The van der Waals surface area contributed by atoms with Crippen molar-refractivity contribution in [3.8, 4) is 0 Å². The summed E-state index contributed by atoms with van der Waals surface area (Å²) in [6.45, 7) is 5.15. The Kier molecular flexibility index (Phi) is 6.75. The second kappa shape index (κ2) is 8.60. The lowest BCUT2D eigenvalue weighted by atomic mass is 10.1. The zero-order valence-electron chi connectivity index (χ0n) is 13.9. The molecular formula is C16H17Cl2N3O3S. The third kappa shape index (κ3) is 4.90. The summed E-state index contributed by atoms with van der Waals surface area (Å²) in [5, 5.41) is 7.58. The van der Waals surface area contributed by atoms with Crippen molar-refractivity contribution in [2.45, 2.75) is 39.3 Å². The van der Waals surface area contributed by atoms with Crippen LogP contribution in [0.15, 0.2) is 18.2 Å². The van der Waals surface area contributed by atoms with Crippen molar-refractivity contribution in [2.75, 3.05) is 0 Å². The van der Waals surface area contributed by atoms with Gasteiger partial charge in [-0.25, -0.2) is 4.79 Å². The van der Waals surface area contributed by atoms with E-state index in [2.05, 4.69) is 14.9 Å². The van der Waals surface area contributed by atoms with Gasteiger partial charge in [-0.1, -0.05) is 40.7 Å². The smallest absolute Gasteiger partial charge is 0.352 e. The maximum atomic E-state index is 12.3. The second-order valence-electron chi connectivity index (χ2n) is 5.35. The number of esters is 1. The number of carbonyl (C=O) groups is 2. The number of carbonyl (C=O) groups excluding carboxylic acids is 2. The number of nitrogens with one attached hydrogen (secondary N) is 1. The number of amides is 1. The van der Waals surface area contributed by atoms with Crippen molar-refractivity contribution in [2.24, 2.45) is 0 Å². The first kappa shape index (κ1) is 19.6.